The van der Waals surface area contributed by atoms with E-state index in [1.807, 2.05) is 30.3 Å². The van der Waals surface area contributed by atoms with Gasteiger partial charge >= 0.3 is 6.61 Å². The van der Waals surface area contributed by atoms with Crippen LogP contribution < -0.4 is 9.47 Å². The van der Waals surface area contributed by atoms with E-state index >= 15 is 0 Å². The molecule has 0 aromatic heterocycles. The van der Waals surface area contributed by atoms with Gasteiger partial charge in [0, 0.05) is 26.4 Å². The lowest BCUT2D eigenvalue weighted by molar-refractivity contribution is -0.132. The minimum atomic E-state index is -2.99. The van der Waals surface area contributed by atoms with Gasteiger partial charge in [0.1, 0.15) is 5.71 Å². The number of hydrazone groups is 1. The third-order valence-corrected chi connectivity index (χ3v) is 4.74. The van der Waals surface area contributed by atoms with Gasteiger partial charge in [-0.05, 0) is 23.3 Å². The van der Waals surface area contributed by atoms with Crippen LogP contribution in [-0.4, -0.2) is 48.2 Å². The molecule has 3 rings (SSSR count). The van der Waals surface area contributed by atoms with Crippen LogP contribution in [0.15, 0.2) is 53.6 Å². The molecule has 0 bridgehead atoms. The monoisotopic (exact) mass is 431 g/mol. The fourth-order valence-electron chi connectivity index (χ4n) is 3.21. The Morgan fingerprint density at radius 1 is 1.13 bits per heavy atom. The minimum Gasteiger partial charge on any atom is -0.493 e. The van der Waals surface area contributed by atoms with Gasteiger partial charge in [-0.2, -0.15) is 13.9 Å². The number of carbonyl (C=O) groups excluding carboxylic acids is 2. The summed E-state index contributed by atoms with van der Waals surface area (Å²) < 4.78 is 34.8. The van der Waals surface area contributed by atoms with Crippen molar-refractivity contribution in [3.05, 3.63) is 59.7 Å². The van der Waals surface area contributed by atoms with Gasteiger partial charge in [-0.25, -0.2) is 5.01 Å². The molecule has 0 saturated heterocycles. The van der Waals surface area contributed by atoms with Crippen LogP contribution in [0.4, 0.5) is 8.78 Å². The Bertz CT molecular complexity index is 966. The van der Waals surface area contributed by atoms with E-state index < -0.39 is 6.61 Å². The van der Waals surface area contributed by atoms with E-state index in [0.717, 1.165) is 5.56 Å². The number of halogens is 2. The molecule has 9 heteroatoms. The summed E-state index contributed by atoms with van der Waals surface area (Å²) in [5, 5.41) is 5.58. The van der Waals surface area contributed by atoms with Gasteiger partial charge in [0.2, 0.25) is 5.91 Å². The highest BCUT2D eigenvalue weighted by molar-refractivity contribution is 6.39. The summed E-state index contributed by atoms with van der Waals surface area (Å²) in [4.78, 5) is 26.5. The normalized spacial score (nSPS) is 13.8. The largest absolute Gasteiger partial charge is 0.493 e. The molecule has 164 valence electrons. The molecule has 2 aromatic rings. The van der Waals surface area contributed by atoms with Crippen molar-refractivity contribution in [2.75, 3.05) is 14.2 Å². The van der Waals surface area contributed by atoms with Crippen molar-refractivity contribution in [3.8, 4) is 11.5 Å². The first-order valence-corrected chi connectivity index (χ1v) is 9.66. The molecule has 0 N–H and O–H groups in total. The van der Waals surface area contributed by atoms with E-state index in [1.54, 1.807) is 13.1 Å². The molecule has 0 saturated carbocycles. The Labute approximate surface area is 178 Å². The SMILES string of the molecule is COc1ccc(CN(C)C(=O)C2=NN(Cc3ccccc3)C(=O)CC2)cc1OC(F)F. The van der Waals surface area contributed by atoms with Crippen LogP contribution in [-0.2, 0) is 22.7 Å². The lowest BCUT2D eigenvalue weighted by Crippen LogP contribution is -2.39. The summed E-state index contributed by atoms with van der Waals surface area (Å²) in [5.74, 6) is -0.417. The minimum absolute atomic E-state index is 0.106. The molecule has 0 unspecified atom stereocenters. The number of nitrogens with zero attached hydrogens (tertiary/aromatic N) is 3. The Morgan fingerprint density at radius 3 is 2.55 bits per heavy atom. The third-order valence-electron chi connectivity index (χ3n) is 4.74. The second kappa shape index (κ2) is 10.0. The highest BCUT2D eigenvalue weighted by Crippen LogP contribution is 2.30. The summed E-state index contributed by atoms with van der Waals surface area (Å²) in [5.41, 5.74) is 1.77. The smallest absolute Gasteiger partial charge is 0.387 e. The molecule has 1 aliphatic rings. The molecule has 1 aliphatic heterocycles. The molecule has 0 aliphatic carbocycles. The van der Waals surface area contributed by atoms with Crippen LogP contribution in [0.1, 0.15) is 24.0 Å². The van der Waals surface area contributed by atoms with Crippen molar-refractivity contribution >= 4 is 17.5 Å². The number of methoxy groups -OCH3 is 1. The van der Waals surface area contributed by atoms with Gasteiger partial charge in [0.25, 0.3) is 5.91 Å². The molecule has 2 amide bonds. The van der Waals surface area contributed by atoms with Crippen molar-refractivity contribution in [3.63, 3.8) is 0 Å². The van der Waals surface area contributed by atoms with Crippen molar-refractivity contribution < 1.29 is 27.8 Å². The molecule has 31 heavy (non-hydrogen) atoms. The van der Waals surface area contributed by atoms with Gasteiger partial charge in [0.15, 0.2) is 11.5 Å². The maximum absolute atomic E-state index is 12.9. The fourth-order valence-corrected chi connectivity index (χ4v) is 3.21. The lowest BCUT2D eigenvalue weighted by atomic mass is 10.1. The summed E-state index contributed by atoms with van der Waals surface area (Å²) >= 11 is 0. The average Bonchev–Trinajstić information content (AvgIpc) is 2.75. The molecule has 0 fully saturated rings. The van der Waals surface area contributed by atoms with E-state index in [9.17, 15) is 18.4 Å². The molecular weight excluding hydrogens is 408 g/mol. The number of ether oxygens (including phenoxy) is 2. The van der Waals surface area contributed by atoms with Crippen LogP contribution in [0.25, 0.3) is 0 Å². The van der Waals surface area contributed by atoms with E-state index in [4.69, 9.17) is 4.74 Å². The maximum Gasteiger partial charge on any atom is 0.387 e. The van der Waals surface area contributed by atoms with Crippen LogP contribution >= 0.6 is 0 Å². The molecule has 0 spiro atoms. The number of rotatable bonds is 8. The first-order valence-electron chi connectivity index (χ1n) is 9.66. The Hall–Kier alpha value is -3.49. The quantitative estimate of drug-likeness (QED) is 0.642. The van der Waals surface area contributed by atoms with E-state index in [0.29, 0.717) is 5.56 Å². The highest BCUT2D eigenvalue weighted by Gasteiger charge is 2.26. The Balaban J connectivity index is 1.71. The summed E-state index contributed by atoms with van der Waals surface area (Å²) in [6.07, 6.45) is 0.440. The number of carbonyl (C=O) groups is 2. The molecule has 7 nitrogen and oxygen atoms in total. The molecule has 0 radical (unpaired) electrons. The lowest BCUT2D eigenvalue weighted by Gasteiger charge is -2.25. The maximum atomic E-state index is 12.9. The number of hydrogen-bond donors (Lipinski definition) is 0. The van der Waals surface area contributed by atoms with Gasteiger partial charge in [-0.1, -0.05) is 36.4 Å². The van der Waals surface area contributed by atoms with Gasteiger partial charge in [-0.15, -0.1) is 0 Å². The zero-order valence-electron chi connectivity index (χ0n) is 17.3. The summed E-state index contributed by atoms with van der Waals surface area (Å²) in [6.45, 7) is -2.56. The second-order valence-electron chi connectivity index (χ2n) is 7.01. The number of amides is 2. The van der Waals surface area contributed by atoms with Crippen molar-refractivity contribution in [2.24, 2.45) is 5.10 Å². The second-order valence-corrected chi connectivity index (χ2v) is 7.01. The fraction of sp³-hybridized carbons (Fsp3) is 0.318. The van der Waals surface area contributed by atoms with Crippen LogP contribution in [0.3, 0.4) is 0 Å². The Kier molecular flexibility index (Phi) is 7.17. The van der Waals surface area contributed by atoms with Crippen LogP contribution in [0.2, 0.25) is 0 Å². The van der Waals surface area contributed by atoms with Gasteiger partial charge in [-0.3, -0.25) is 9.59 Å². The van der Waals surface area contributed by atoms with E-state index in [-0.39, 0.29) is 55.0 Å². The van der Waals surface area contributed by atoms with E-state index in [2.05, 4.69) is 9.84 Å². The predicted octanol–water partition coefficient (Wildman–Crippen LogP) is 3.43. The zero-order valence-corrected chi connectivity index (χ0v) is 17.3. The van der Waals surface area contributed by atoms with Crippen molar-refractivity contribution in [1.82, 2.24) is 9.91 Å². The van der Waals surface area contributed by atoms with E-state index in [1.165, 1.54) is 29.2 Å². The third kappa shape index (κ3) is 5.78. The van der Waals surface area contributed by atoms with Crippen molar-refractivity contribution in [1.29, 1.82) is 0 Å². The zero-order chi connectivity index (χ0) is 22.4. The number of benzene rings is 2. The first-order chi connectivity index (χ1) is 14.9. The number of alkyl halides is 2. The predicted molar refractivity (Wildman–Crippen MR) is 110 cm³/mol. The molecule has 1 heterocycles. The highest BCUT2D eigenvalue weighted by atomic mass is 19.3. The van der Waals surface area contributed by atoms with Crippen LogP contribution in [0, 0.1) is 0 Å². The summed E-state index contributed by atoms with van der Waals surface area (Å²) in [7, 11) is 2.94. The number of hydrogen-bond acceptors (Lipinski definition) is 5. The average molecular weight is 431 g/mol. The van der Waals surface area contributed by atoms with Crippen LogP contribution in [0.5, 0.6) is 11.5 Å². The first kappa shape index (κ1) is 22.2. The van der Waals surface area contributed by atoms with Crippen molar-refractivity contribution in [2.45, 2.75) is 32.5 Å². The standard InChI is InChI=1S/C22H23F2N3O4/c1-26(13-16-8-10-18(30-2)19(12-16)31-22(23)24)21(29)17-9-11-20(28)27(25-17)14-15-6-4-3-5-7-15/h3-8,10,12,22H,9,11,13-14H2,1-2H3. The topological polar surface area (TPSA) is 71.4 Å². The van der Waals surface area contributed by atoms with Gasteiger partial charge < -0.3 is 14.4 Å². The Morgan fingerprint density at radius 2 is 1.87 bits per heavy atom. The molecule has 0 atom stereocenters. The van der Waals surface area contributed by atoms with Gasteiger partial charge in [0.05, 0.1) is 13.7 Å². The molecule has 2 aromatic carbocycles. The summed E-state index contributed by atoms with van der Waals surface area (Å²) in [6, 6.07) is 14.0. The molecular formula is C22H23F2N3O4.